The average molecular weight is 450 g/mol. The smallest absolute Gasteiger partial charge is 0.251 e. The molecular formula is C25H27N3O3S. The lowest BCUT2D eigenvalue weighted by molar-refractivity contribution is 0.0954. The Kier molecular flexibility index (Phi) is 6.58. The number of carbonyl (C=O) groups excluding carboxylic acids is 1. The minimum absolute atomic E-state index is 0.144. The first-order valence-corrected chi connectivity index (χ1v) is 12.1. The van der Waals surface area contributed by atoms with Gasteiger partial charge >= 0.3 is 0 Å². The van der Waals surface area contributed by atoms with Gasteiger partial charge in [0.15, 0.2) is 0 Å². The molecule has 1 N–H and O–H groups in total. The fourth-order valence-corrected chi connectivity index (χ4v) is 5.34. The molecule has 0 spiro atoms. The monoisotopic (exact) mass is 449 g/mol. The molecule has 7 heteroatoms. The zero-order chi connectivity index (χ0) is 22.6. The van der Waals surface area contributed by atoms with Gasteiger partial charge in [-0.1, -0.05) is 48.5 Å². The van der Waals surface area contributed by atoms with E-state index in [1.165, 1.54) is 15.9 Å². The highest BCUT2D eigenvalue weighted by Crippen LogP contribution is 2.25. The van der Waals surface area contributed by atoms with E-state index < -0.39 is 10.0 Å². The van der Waals surface area contributed by atoms with E-state index in [4.69, 9.17) is 0 Å². The van der Waals surface area contributed by atoms with E-state index in [1.54, 1.807) is 18.2 Å². The molecule has 32 heavy (non-hydrogen) atoms. The van der Waals surface area contributed by atoms with Crippen molar-refractivity contribution in [2.45, 2.75) is 17.9 Å². The van der Waals surface area contributed by atoms with Crippen molar-refractivity contribution in [2.75, 3.05) is 31.6 Å². The van der Waals surface area contributed by atoms with Gasteiger partial charge in [-0.15, -0.1) is 0 Å². The molecule has 0 radical (unpaired) electrons. The SMILES string of the molecule is CN(CCNC(=O)c1cccc(S(=O)(=O)N2CCc3ccccc3C2)c1)c1ccccc1. The minimum Gasteiger partial charge on any atom is -0.373 e. The van der Waals surface area contributed by atoms with Crippen LogP contribution in [-0.4, -0.2) is 45.3 Å². The van der Waals surface area contributed by atoms with Crippen LogP contribution in [0.1, 0.15) is 21.5 Å². The Morgan fingerprint density at radius 2 is 1.69 bits per heavy atom. The Hall–Kier alpha value is -3.16. The van der Waals surface area contributed by atoms with Gasteiger partial charge in [-0.2, -0.15) is 4.31 Å². The van der Waals surface area contributed by atoms with Crippen LogP contribution in [0.4, 0.5) is 5.69 Å². The van der Waals surface area contributed by atoms with Gasteiger partial charge in [0.2, 0.25) is 10.0 Å². The molecule has 1 aliphatic rings. The number of sulfonamides is 1. The maximum Gasteiger partial charge on any atom is 0.251 e. The highest BCUT2D eigenvalue weighted by molar-refractivity contribution is 7.89. The van der Waals surface area contributed by atoms with Gasteiger partial charge in [0.1, 0.15) is 0 Å². The van der Waals surface area contributed by atoms with Crippen LogP contribution in [0.15, 0.2) is 83.8 Å². The molecule has 166 valence electrons. The van der Waals surface area contributed by atoms with E-state index >= 15 is 0 Å². The second-order valence-electron chi connectivity index (χ2n) is 7.90. The van der Waals surface area contributed by atoms with Crippen LogP contribution in [0.25, 0.3) is 0 Å². The second-order valence-corrected chi connectivity index (χ2v) is 9.84. The van der Waals surface area contributed by atoms with Gasteiger partial charge in [0, 0.05) is 44.5 Å². The zero-order valence-corrected chi connectivity index (χ0v) is 18.9. The molecule has 0 atom stereocenters. The fraction of sp³-hybridized carbons (Fsp3) is 0.240. The van der Waals surface area contributed by atoms with Crippen molar-refractivity contribution < 1.29 is 13.2 Å². The van der Waals surface area contributed by atoms with E-state index in [-0.39, 0.29) is 10.8 Å². The molecular weight excluding hydrogens is 422 g/mol. The normalized spacial score (nSPS) is 13.9. The summed E-state index contributed by atoms with van der Waals surface area (Å²) < 4.78 is 27.9. The van der Waals surface area contributed by atoms with E-state index in [2.05, 4.69) is 10.2 Å². The summed E-state index contributed by atoms with van der Waals surface area (Å²) in [4.78, 5) is 14.8. The maximum absolute atomic E-state index is 13.2. The molecule has 1 aliphatic heterocycles. The number of benzene rings is 3. The predicted molar refractivity (Wildman–Crippen MR) is 126 cm³/mol. The highest BCUT2D eigenvalue weighted by atomic mass is 32.2. The fourth-order valence-electron chi connectivity index (χ4n) is 3.87. The summed E-state index contributed by atoms with van der Waals surface area (Å²) in [6, 6.07) is 24.1. The average Bonchev–Trinajstić information content (AvgIpc) is 2.84. The van der Waals surface area contributed by atoms with Crippen LogP contribution in [0.2, 0.25) is 0 Å². The molecule has 0 fully saturated rings. The van der Waals surface area contributed by atoms with Crippen molar-refractivity contribution in [1.29, 1.82) is 0 Å². The molecule has 0 aliphatic carbocycles. The topological polar surface area (TPSA) is 69.7 Å². The van der Waals surface area contributed by atoms with Crippen LogP contribution in [0.5, 0.6) is 0 Å². The van der Waals surface area contributed by atoms with Crippen molar-refractivity contribution in [2.24, 2.45) is 0 Å². The lowest BCUT2D eigenvalue weighted by Gasteiger charge is -2.28. The minimum atomic E-state index is -3.69. The van der Waals surface area contributed by atoms with Crippen molar-refractivity contribution in [1.82, 2.24) is 9.62 Å². The van der Waals surface area contributed by atoms with E-state index in [9.17, 15) is 13.2 Å². The van der Waals surface area contributed by atoms with Gasteiger partial charge in [-0.3, -0.25) is 4.79 Å². The summed E-state index contributed by atoms with van der Waals surface area (Å²) in [5.41, 5.74) is 3.62. The zero-order valence-electron chi connectivity index (χ0n) is 18.1. The van der Waals surface area contributed by atoms with E-state index in [0.717, 1.165) is 11.3 Å². The van der Waals surface area contributed by atoms with Crippen LogP contribution >= 0.6 is 0 Å². The Labute approximate surface area is 189 Å². The summed E-state index contributed by atoms with van der Waals surface area (Å²) >= 11 is 0. The quantitative estimate of drug-likeness (QED) is 0.601. The van der Waals surface area contributed by atoms with Crippen molar-refractivity contribution >= 4 is 21.6 Å². The van der Waals surface area contributed by atoms with Gasteiger partial charge in [0.05, 0.1) is 4.90 Å². The summed E-state index contributed by atoms with van der Waals surface area (Å²) in [6.45, 7) is 1.87. The van der Waals surface area contributed by atoms with Crippen LogP contribution in [0.3, 0.4) is 0 Å². The number of para-hydroxylation sites is 1. The third kappa shape index (κ3) is 4.84. The molecule has 3 aromatic carbocycles. The number of hydrogen-bond acceptors (Lipinski definition) is 4. The first-order valence-electron chi connectivity index (χ1n) is 10.7. The number of fused-ring (bicyclic) bond motifs is 1. The molecule has 1 heterocycles. The van der Waals surface area contributed by atoms with E-state index in [0.29, 0.717) is 38.2 Å². The van der Waals surface area contributed by atoms with Crippen molar-refractivity contribution in [3.8, 4) is 0 Å². The molecule has 0 saturated heterocycles. The number of carbonyl (C=O) groups is 1. The first kappa shape index (κ1) is 22.0. The molecule has 0 bridgehead atoms. The summed E-state index contributed by atoms with van der Waals surface area (Å²) in [6.07, 6.45) is 0.685. The first-order chi connectivity index (χ1) is 15.4. The number of anilines is 1. The number of nitrogens with zero attached hydrogens (tertiary/aromatic N) is 2. The van der Waals surface area contributed by atoms with Gasteiger partial charge < -0.3 is 10.2 Å². The lowest BCUT2D eigenvalue weighted by atomic mass is 10.0. The van der Waals surface area contributed by atoms with Crippen LogP contribution in [-0.2, 0) is 23.0 Å². The second kappa shape index (κ2) is 9.54. The predicted octanol–water partition coefficient (Wildman–Crippen LogP) is 3.30. The van der Waals surface area contributed by atoms with Gasteiger partial charge in [0.25, 0.3) is 5.91 Å². The largest absolute Gasteiger partial charge is 0.373 e. The molecule has 0 aromatic heterocycles. The summed E-state index contributed by atoms with van der Waals surface area (Å²) in [5, 5.41) is 2.88. The molecule has 3 aromatic rings. The standard InChI is InChI=1S/C25H27N3O3S/c1-27(23-11-3-2-4-12-23)17-15-26-25(29)21-10-7-13-24(18-21)32(30,31)28-16-14-20-8-5-6-9-22(20)19-28/h2-13,18H,14-17,19H2,1H3,(H,26,29). The van der Waals surface area contributed by atoms with Crippen molar-refractivity contribution in [3.05, 3.63) is 95.6 Å². The van der Waals surface area contributed by atoms with Gasteiger partial charge in [-0.25, -0.2) is 8.42 Å². The Balaban J connectivity index is 1.41. The highest BCUT2D eigenvalue weighted by Gasteiger charge is 2.28. The Morgan fingerprint density at radius 3 is 2.47 bits per heavy atom. The summed E-state index contributed by atoms with van der Waals surface area (Å²) in [7, 11) is -1.72. The molecule has 6 nitrogen and oxygen atoms in total. The third-order valence-electron chi connectivity index (χ3n) is 5.76. The number of nitrogens with one attached hydrogen (secondary N) is 1. The molecule has 4 rings (SSSR count). The van der Waals surface area contributed by atoms with E-state index in [1.807, 2.05) is 61.6 Å². The number of rotatable bonds is 7. The maximum atomic E-state index is 13.2. The van der Waals surface area contributed by atoms with Crippen LogP contribution in [0, 0.1) is 0 Å². The number of likely N-dealkylation sites (N-methyl/N-ethyl adjacent to an activating group) is 1. The Bertz CT molecular complexity index is 1200. The Morgan fingerprint density at radius 1 is 0.969 bits per heavy atom. The summed E-state index contributed by atoms with van der Waals surface area (Å²) in [5.74, 6) is -0.285. The van der Waals surface area contributed by atoms with Gasteiger partial charge in [-0.05, 0) is 47.9 Å². The number of hydrogen-bond donors (Lipinski definition) is 1. The lowest BCUT2D eigenvalue weighted by Crippen LogP contribution is -2.36. The molecule has 0 saturated carbocycles. The number of amides is 1. The molecule has 0 unspecified atom stereocenters. The van der Waals surface area contributed by atoms with Crippen molar-refractivity contribution in [3.63, 3.8) is 0 Å². The third-order valence-corrected chi connectivity index (χ3v) is 7.60. The molecule has 1 amide bonds. The van der Waals surface area contributed by atoms with Crippen LogP contribution < -0.4 is 10.2 Å².